The van der Waals surface area contributed by atoms with Crippen LogP contribution in [0, 0.1) is 23.7 Å². The highest BCUT2D eigenvalue weighted by molar-refractivity contribution is 6.07. The minimum absolute atomic E-state index is 0.135. The smallest absolute Gasteiger partial charge is 0.254 e. The molecule has 2 bridgehead atoms. The zero-order chi connectivity index (χ0) is 18.7. The molecule has 3 aliphatic rings. The predicted octanol–water partition coefficient (Wildman–Crippen LogP) is 3.75. The van der Waals surface area contributed by atoms with Crippen molar-refractivity contribution < 1.29 is 9.59 Å². The highest BCUT2D eigenvalue weighted by atomic mass is 16.2. The molecule has 1 aromatic heterocycles. The number of aromatic nitrogens is 1. The van der Waals surface area contributed by atoms with Crippen molar-refractivity contribution >= 4 is 28.9 Å². The van der Waals surface area contributed by atoms with E-state index >= 15 is 0 Å². The van der Waals surface area contributed by atoms with E-state index in [-0.39, 0.29) is 35.5 Å². The summed E-state index contributed by atoms with van der Waals surface area (Å²) >= 11 is 0. The van der Waals surface area contributed by atoms with Gasteiger partial charge in [-0.3, -0.25) is 9.59 Å². The SMILES string of the molecule is CC[C@@H](C)n1cc(C=NN2C(=O)[C@@H]3[C@H](C2=O)[C@H]2C=C[C@H]3C2)c2ccccc21. The first kappa shape index (κ1) is 16.5. The zero-order valence-corrected chi connectivity index (χ0v) is 15.6. The molecule has 138 valence electrons. The topological polar surface area (TPSA) is 54.7 Å². The summed E-state index contributed by atoms with van der Waals surface area (Å²) in [6.45, 7) is 4.35. The van der Waals surface area contributed by atoms with Crippen LogP contribution in [0.3, 0.4) is 0 Å². The number of benzene rings is 1. The molecular formula is C22H23N3O2. The molecule has 27 heavy (non-hydrogen) atoms. The number of rotatable bonds is 4. The molecule has 0 N–H and O–H groups in total. The van der Waals surface area contributed by atoms with E-state index in [4.69, 9.17) is 0 Å². The normalized spacial score (nSPS) is 30.2. The van der Waals surface area contributed by atoms with E-state index in [1.54, 1.807) is 6.21 Å². The number of para-hydroxylation sites is 1. The molecule has 5 nitrogen and oxygen atoms in total. The number of hydrazone groups is 1. The third-order valence-corrected chi connectivity index (χ3v) is 6.60. The number of imide groups is 1. The summed E-state index contributed by atoms with van der Waals surface area (Å²) in [5.74, 6) is -0.252. The Morgan fingerprint density at radius 3 is 2.48 bits per heavy atom. The summed E-state index contributed by atoms with van der Waals surface area (Å²) in [5.41, 5.74) is 2.08. The van der Waals surface area contributed by atoms with Gasteiger partial charge in [-0.2, -0.15) is 10.1 Å². The lowest BCUT2D eigenvalue weighted by molar-refractivity contribution is -0.140. The fourth-order valence-corrected chi connectivity index (χ4v) is 5.02. The third-order valence-electron chi connectivity index (χ3n) is 6.60. The van der Waals surface area contributed by atoms with Crippen molar-refractivity contribution in [2.45, 2.75) is 32.7 Å². The molecule has 2 heterocycles. The van der Waals surface area contributed by atoms with Crippen LogP contribution in [0.25, 0.3) is 10.9 Å². The number of nitrogens with zero attached hydrogens (tertiary/aromatic N) is 3. The molecular weight excluding hydrogens is 338 g/mol. The molecule has 2 amide bonds. The largest absolute Gasteiger partial charge is 0.344 e. The molecule has 0 unspecified atom stereocenters. The Bertz CT molecular complexity index is 972. The number of hydrogen-bond donors (Lipinski definition) is 0. The van der Waals surface area contributed by atoms with Crippen molar-refractivity contribution in [1.29, 1.82) is 0 Å². The van der Waals surface area contributed by atoms with Gasteiger partial charge in [0.25, 0.3) is 11.8 Å². The Hall–Kier alpha value is -2.69. The Morgan fingerprint density at radius 2 is 1.81 bits per heavy atom. The Balaban J connectivity index is 1.49. The molecule has 1 aliphatic heterocycles. The maximum Gasteiger partial charge on any atom is 0.254 e. The average Bonchev–Trinajstić information content (AvgIpc) is 3.43. The van der Waals surface area contributed by atoms with Crippen molar-refractivity contribution in [3.8, 4) is 0 Å². The molecule has 2 aliphatic carbocycles. The summed E-state index contributed by atoms with van der Waals surface area (Å²) in [7, 11) is 0. The minimum Gasteiger partial charge on any atom is -0.344 e. The van der Waals surface area contributed by atoms with E-state index < -0.39 is 0 Å². The van der Waals surface area contributed by atoms with E-state index in [0.717, 1.165) is 34.3 Å². The Labute approximate surface area is 158 Å². The third kappa shape index (κ3) is 2.27. The standard InChI is InChI=1S/C22H23N3O2/c1-3-13(2)24-12-16(17-6-4-5-7-18(17)24)11-23-25-21(26)19-14-8-9-15(10-14)20(19)22(25)27/h4-9,11-15,19-20H,3,10H2,1-2H3/t13-,14+,15+,19-,20+/m1/s1. The summed E-state index contributed by atoms with van der Waals surface area (Å²) in [6, 6.07) is 8.55. The van der Waals surface area contributed by atoms with Gasteiger partial charge in [0.1, 0.15) is 0 Å². The lowest BCUT2D eigenvalue weighted by Crippen LogP contribution is -2.28. The maximum atomic E-state index is 12.8. The van der Waals surface area contributed by atoms with Crippen LogP contribution in [-0.2, 0) is 9.59 Å². The van der Waals surface area contributed by atoms with E-state index in [1.807, 2.05) is 12.1 Å². The van der Waals surface area contributed by atoms with Crippen LogP contribution in [0.2, 0.25) is 0 Å². The monoisotopic (exact) mass is 361 g/mol. The van der Waals surface area contributed by atoms with Gasteiger partial charge in [0.15, 0.2) is 0 Å². The second-order valence-corrected chi connectivity index (χ2v) is 8.00. The quantitative estimate of drug-likeness (QED) is 0.473. The second-order valence-electron chi connectivity index (χ2n) is 8.00. The Morgan fingerprint density at radius 1 is 1.15 bits per heavy atom. The summed E-state index contributed by atoms with van der Waals surface area (Å²) < 4.78 is 2.24. The van der Waals surface area contributed by atoms with Crippen LogP contribution in [0.4, 0.5) is 0 Å². The average molecular weight is 361 g/mol. The van der Waals surface area contributed by atoms with Crippen molar-refractivity contribution in [1.82, 2.24) is 9.58 Å². The molecule has 5 atom stereocenters. The van der Waals surface area contributed by atoms with Gasteiger partial charge >= 0.3 is 0 Å². The van der Waals surface area contributed by atoms with Crippen molar-refractivity contribution in [2.24, 2.45) is 28.8 Å². The van der Waals surface area contributed by atoms with Crippen LogP contribution in [0.1, 0.15) is 38.3 Å². The van der Waals surface area contributed by atoms with Crippen molar-refractivity contribution in [3.63, 3.8) is 0 Å². The Kier molecular flexibility index (Phi) is 3.61. The van der Waals surface area contributed by atoms with E-state index in [2.05, 4.69) is 54.0 Å². The molecule has 1 saturated heterocycles. The molecule has 5 heteroatoms. The summed E-state index contributed by atoms with van der Waals surface area (Å²) in [6.07, 6.45) is 9.91. The second kappa shape index (κ2) is 5.91. The number of fused-ring (bicyclic) bond motifs is 6. The lowest BCUT2D eigenvalue weighted by Gasteiger charge is -2.13. The fraction of sp³-hybridized carbons (Fsp3) is 0.409. The van der Waals surface area contributed by atoms with E-state index in [9.17, 15) is 9.59 Å². The molecule has 0 radical (unpaired) electrons. The van der Waals surface area contributed by atoms with Gasteiger partial charge in [0, 0.05) is 28.7 Å². The molecule has 0 spiro atoms. The maximum absolute atomic E-state index is 12.8. The first-order valence-corrected chi connectivity index (χ1v) is 9.79. The first-order chi connectivity index (χ1) is 13.1. The van der Waals surface area contributed by atoms with E-state index in [1.165, 1.54) is 0 Å². The van der Waals surface area contributed by atoms with Gasteiger partial charge in [-0.1, -0.05) is 37.3 Å². The van der Waals surface area contributed by atoms with Crippen LogP contribution in [-0.4, -0.2) is 27.6 Å². The van der Waals surface area contributed by atoms with Crippen LogP contribution >= 0.6 is 0 Å². The number of amides is 2. The van der Waals surface area contributed by atoms with Gasteiger partial charge in [0.2, 0.25) is 0 Å². The number of allylic oxidation sites excluding steroid dienone is 2. The number of carbonyl (C=O) groups is 2. The summed E-state index contributed by atoms with van der Waals surface area (Å²) in [5, 5.41) is 6.56. The van der Waals surface area contributed by atoms with Crippen molar-refractivity contribution in [2.75, 3.05) is 0 Å². The number of carbonyl (C=O) groups excluding carboxylic acids is 2. The van der Waals surface area contributed by atoms with Crippen LogP contribution in [0.5, 0.6) is 0 Å². The van der Waals surface area contributed by atoms with Crippen molar-refractivity contribution in [3.05, 3.63) is 48.2 Å². The highest BCUT2D eigenvalue weighted by Gasteiger charge is 2.59. The lowest BCUT2D eigenvalue weighted by atomic mass is 9.85. The van der Waals surface area contributed by atoms with Gasteiger partial charge in [0.05, 0.1) is 18.1 Å². The van der Waals surface area contributed by atoms with Gasteiger partial charge in [-0.15, -0.1) is 0 Å². The molecule has 2 aromatic rings. The fourth-order valence-electron chi connectivity index (χ4n) is 5.02. The molecule has 2 fully saturated rings. The zero-order valence-electron chi connectivity index (χ0n) is 15.6. The first-order valence-electron chi connectivity index (χ1n) is 9.79. The summed E-state index contributed by atoms with van der Waals surface area (Å²) in [4.78, 5) is 25.6. The van der Waals surface area contributed by atoms with Gasteiger partial charge in [-0.25, -0.2) is 0 Å². The van der Waals surface area contributed by atoms with E-state index in [0.29, 0.717) is 6.04 Å². The van der Waals surface area contributed by atoms with Gasteiger partial charge in [-0.05, 0) is 37.7 Å². The molecule has 1 saturated carbocycles. The van der Waals surface area contributed by atoms with Gasteiger partial charge < -0.3 is 4.57 Å². The highest BCUT2D eigenvalue weighted by Crippen LogP contribution is 2.52. The number of hydrogen-bond acceptors (Lipinski definition) is 3. The molecule has 1 aromatic carbocycles. The minimum atomic E-state index is -0.203. The van der Waals surface area contributed by atoms with Crippen LogP contribution < -0.4 is 0 Å². The predicted molar refractivity (Wildman–Crippen MR) is 104 cm³/mol. The van der Waals surface area contributed by atoms with Crippen LogP contribution in [0.15, 0.2) is 47.7 Å². The molecule has 5 rings (SSSR count).